The van der Waals surface area contributed by atoms with Crippen molar-refractivity contribution >= 4 is 18.0 Å². The number of carbonyl (C=O) groups is 3. The van der Waals surface area contributed by atoms with Gasteiger partial charge in [-0.3, -0.25) is 4.79 Å². The summed E-state index contributed by atoms with van der Waals surface area (Å²) in [5.74, 6) is -0.831. The van der Waals surface area contributed by atoms with Gasteiger partial charge < -0.3 is 20.1 Å². The maximum Gasteiger partial charge on any atom is 0.408 e. The van der Waals surface area contributed by atoms with Gasteiger partial charge in [-0.2, -0.15) is 0 Å². The fourth-order valence-electron chi connectivity index (χ4n) is 2.20. The smallest absolute Gasteiger partial charge is 0.408 e. The van der Waals surface area contributed by atoms with E-state index in [1.54, 1.807) is 20.8 Å². The third kappa shape index (κ3) is 9.31. The lowest BCUT2D eigenvalue weighted by atomic mass is 9.97. The number of esters is 1. The molecule has 25 heavy (non-hydrogen) atoms. The number of alkyl carbamates (subject to hydrolysis) is 1. The van der Waals surface area contributed by atoms with Crippen LogP contribution in [0, 0.1) is 11.8 Å². The molecule has 0 aromatic carbocycles. The molecule has 0 fully saturated rings. The van der Waals surface area contributed by atoms with Crippen molar-refractivity contribution in [2.24, 2.45) is 11.8 Å². The van der Waals surface area contributed by atoms with Crippen molar-refractivity contribution in [3.63, 3.8) is 0 Å². The SMILES string of the molecule is CC[C@@H](C)[C@@H](NC(=O)[C@@H](CC(C)C)NC(=O)OC(C)(C)C)C(=O)OC. The molecule has 0 aliphatic carbocycles. The lowest BCUT2D eigenvalue weighted by Gasteiger charge is -2.27. The average molecular weight is 358 g/mol. The standard InChI is InChI=1S/C18H34N2O5/c1-9-12(4)14(16(22)24-8)20-15(21)13(10-11(2)3)19-17(23)25-18(5,6)7/h11-14H,9-10H2,1-8H3,(H,19,23)(H,20,21)/t12-,13-,14-/m1/s1. The van der Waals surface area contributed by atoms with Crippen LogP contribution in [0.2, 0.25) is 0 Å². The first-order valence-corrected chi connectivity index (χ1v) is 8.78. The first-order valence-electron chi connectivity index (χ1n) is 8.78. The molecule has 0 radical (unpaired) electrons. The largest absolute Gasteiger partial charge is 0.467 e. The first kappa shape index (κ1) is 23.2. The second-order valence-corrected chi connectivity index (χ2v) is 7.72. The highest BCUT2D eigenvalue weighted by Crippen LogP contribution is 2.12. The van der Waals surface area contributed by atoms with Gasteiger partial charge in [0.2, 0.25) is 5.91 Å². The van der Waals surface area contributed by atoms with Crippen molar-refractivity contribution in [2.45, 2.75) is 79.0 Å². The lowest BCUT2D eigenvalue weighted by molar-refractivity contribution is -0.146. The van der Waals surface area contributed by atoms with Crippen molar-refractivity contribution in [3.05, 3.63) is 0 Å². The normalized spacial score (nSPS) is 15.1. The first-order chi connectivity index (χ1) is 11.4. The van der Waals surface area contributed by atoms with Crippen LogP contribution in [0.3, 0.4) is 0 Å². The summed E-state index contributed by atoms with van der Waals surface area (Å²) in [6.45, 7) is 12.9. The molecule has 7 nitrogen and oxygen atoms in total. The summed E-state index contributed by atoms with van der Waals surface area (Å²) in [5, 5.41) is 5.31. The van der Waals surface area contributed by atoms with Gasteiger partial charge in [0.1, 0.15) is 17.7 Å². The summed E-state index contributed by atoms with van der Waals surface area (Å²) in [5.41, 5.74) is -0.659. The van der Waals surface area contributed by atoms with Crippen LogP contribution in [0.15, 0.2) is 0 Å². The van der Waals surface area contributed by atoms with Gasteiger partial charge in [0, 0.05) is 0 Å². The summed E-state index contributed by atoms with van der Waals surface area (Å²) >= 11 is 0. The molecule has 0 unspecified atom stereocenters. The lowest BCUT2D eigenvalue weighted by Crippen LogP contribution is -2.54. The van der Waals surface area contributed by atoms with Gasteiger partial charge in [0.25, 0.3) is 0 Å². The van der Waals surface area contributed by atoms with E-state index < -0.39 is 35.7 Å². The number of ether oxygens (including phenoxy) is 2. The average Bonchev–Trinajstić information content (AvgIpc) is 2.47. The topological polar surface area (TPSA) is 93.7 Å². The fourth-order valence-corrected chi connectivity index (χ4v) is 2.20. The molecule has 3 atom stereocenters. The Labute approximate surface area is 151 Å². The number of nitrogens with one attached hydrogen (secondary N) is 2. The fraction of sp³-hybridized carbons (Fsp3) is 0.833. The Morgan fingerprint density at radius 2 is 1.60 bits per heavy atom. The van der Waals surface area contributed by atoms with Crippen molar-refractivity contribution in [2.75, 3.05) is 7.11 Å². The van der Waals surface area contributed by atoms with E-state index in [0.29, 0.717) is 12.8 Å². The van der Waals surface area contributed by atoms with Crippen molar-refractivity contribution in [1.29, 1.82) is 0 Å². The zero-order chi connectivity index (χ0) is 19.8. The third-order valence-electron chi connectivity index (χ3n) is 3.68. The van der Waals surface area contributed by atoms with E-state index in [1.165, 1.54) is 7.11 Å². The molecule has 0 aliphatic heterocycles. The van der Waals surface area contributed by atoms with Gasteiger partial charge in [-0.25, -0.2) is 9.59 Å². The predicted molar refractivity (Wildman–Crippen MR) is 96.0 cm³/mol. The number of carbonyl (C=O) groups excluding carboxylic acids is 3. The van der Waals surface area contributed by atoms with Gasteiger partial charge in [-0.1, -0.05) is 34.1 Å². The van der Waals surface area contributed by atoms with Crippen molar-refractivity contribution < 1.29 is 23.9 Å². The summed E-state index contributed by atoms with van der Waals surface area (Å²) < 4.78 is 10.00. The van der Waals surface area contributed by atoms with E-state index in [9.17, 15) is 14.4 Å². The Hall–Kier alpha value is -1.79. The van der Waals surface area contributed by atoms with Crippen LogP contribution in [0.25, 0.3) is 0 Å². The highest BCUT2D eigenvalue weighted by atomic mass is 16.6. The zero-order valence-electron chi connectivity index (χ0n) is 16.8. The van der Waals surface area contributed by atoms with Crippen LogP contribution < -0.4 is 10.6 Å². The summed E-state index contributed by atoms with van der Waals surface area (Å²) in [4.78, 5) is 36.6. The molecule has 0 saturated heterocycles. The van der Waals surface area contributed by atoms with Crippen LogP contribution in [-0.4, -0.2) is 42.8 Å². The van der Waals surface area contributed by atoms with E-state index in [4.69, 9.17) is 9.47 Å². The third-order valence-corrected chi connectivity index (χ3v) is 3.68. The summed E-state index contributed by atoms with van der Waals surface area (Å²) in [7, 11) is 1.29. The molecular formula is C18H34N2O5. The molecule has 0 aliphatic rings. The van der Waals surface area contributed by atoms with Crippen LogP contribution >= 0.6 is 0 Å². The van der Waals surface area contributed by atoms with Gasteiger partial charge in [-0.15, -0.1) is 0 Å². The Balaban J connectivity index is 5.14. The molecule has 7 heteroatoms. The molecule has 0 bridgehead atoms. The minimum atomic E-state index is -0.786. The van der Waals surface area contributed by atoms with Gasteiger partial charge in [-0.05, 0) is 39.0 Å². The molecular weight excluding hydrogens is 324 g/mol. The van der Waals surface area contributed by atoms with Crippen LogP contribution in [-0.2, 0) is 19.1 Å². The maximum atomic E-state index is 12.6. The monoisotopic (exact) mass is 358 g/mol. The highest BCUT2D eigenvalue weighted by Gasteiger charge is 2.31. The number of rotatable bonds is 8. The highest BCUT2D eigenvalue weighted by molar-refractivity contribution is 5.89. The quantitative estimate of drug-likeness (QED) is 0.651. The van der Waals surface area contributed by atoms with Gasteiger partial charge in [0.15, 0.2) is 0 Å². The van der Waals surface area contributed by atoms with E-state index in [1.807, 2.05) is 27.7 Å². The van der Waals surface area contributed by atoms with E-state index in [0.717, 1.165) is 0 Å². The molecule has 2 N–H and O–H groups in total. The van der Waals surface area contributed by atoms with Crippen LogP contribution in [0.1, 0.15) is 61.3 Å². The molecule has 0 saturated carbocycles. The number of hydrogen-bond donors (Lipinski definition) is 2. The van der Waals surface area contributed by atoms with Crippen LogP contribution in [0.5, 0.6) is 0 Å². The van der Waals surface area contributed by atoms with E-state index in [-0.39, 0.29) is 11.8 Å². The molecule has 0 aromatic rings. The Bertz CT molecular complexity index is 457. The number of hydrogen-bond acceptors (Lipinski definition) is 5. The molecule has 146 valence electrons. The van der Waals surface area contributed by atoms with Crippen molar-refractivity contribution in [1.82, 2.24) is 10.6 Å². The Kier molecular flexibility index (Phi) is 9.52. The predicted octanol–water partition coefficient (Wildman–Crippen LogP) is 2.63. The zero-order valence-corrected chi connectivity index (χ0v) is 16.8. The van der Waals surface area contributed by atoms with Crippen LogP contribution in [0.4, 0.5) is 4.79 Å². The van der Waals surface area contributed by atoms with Crippen molar-refractivity contribution in [3.8, 4) is 0 Å². The summed E-state index contributed by atoms with van der Waals surface area (Å²) in [6.07, 6.45) is 0.472. The number of methoxy groups -OCH3 is 1. The Morgan fingerprint density at radius 3 is 2.00 bits per heavy atom. The van der Waals surface area contributed by atoms with Gasteiger partial charge in [0.05, 0.1) is 7.11 Å². The van der Waals surface area contributed by atoms with E-state index in [2.05, 4.69) is 10.6 Å². The number of amides is 2. The maximum absolute atomic E-state index is 12.6. The second-order valence-electron chi connectivity index (χ2n) is 7.72. The summed E-state index contributed by atoms with van der Waals surface area (Å²) in [6, 6.07) is -1.54. The Morgan fingerprint density at radius 1 is 1.04 bits per heavy atom. The molecule has 0 rings (SSSR count). The molecule has 0 spiro atoms. The molecule has 0 heterocycles. The minimum absolute atomic E-state index is 0.0855. The second kappa shape index (κ2) is 10.3. The molecule has 0 aromatic heterocycles. The minimum Gasteiger partial charge on any atom is -0.467 e. The van der Waals surface area contributed by atoms with E-state index >= 15 is 0 Å². The molecule has 2 amide bonds. The van der Waals surface area contributed by atoms with Gasteiger partial charge >= 0.3 is 12.1 Å².